The van der Waals surface area contributed by atoms with Crippen LogP contribution in [0.25, 0.3) is 10.9 Å². The number of aromatic amines is 1. The molecule has 3 N–H and O–H groups in total. The Balaban J connectivity index is 1.87. The maximum absolute atomic E-state index is 10.8. The van der Waals surface area contributed by atoms with Crippen molar-refractivity contribution in [2.75, 3.05) is 18.6 Å². The van der Waals surface area contributed by atoms with Gasteiger partial charge in [-0.15, -0.1) is 6.58 Å². The number of nitrogens with one attached hydrogen (secondary N) is 1. The number of H-pyrrole nitrogens is 1. The Kier molecular flexibility index (Phi) is 5.99. The number of para-hydroxylation sites is 1. The van der Waals surface area contributed by atoms with Crippen LogP contribution in [-0.4, -0.2) is 28.9 Å². The molecule has 1 aromatic heterocycles. The molecular formula is C23H28N2O2. The van der Waals surface area contributed by atoms with Crippen molar-refractivity contribution in [3.63, 3.8) is 0 Å². The van der Waals surface area contributed by atoms with Gasteiger partial charge in [0.25, 0.3) is 0 Å². The largest absolute Gasteiger partial charge is 0.396 e. The molecule has 0 aliphatic rings. The quantitative estimate of drug-likeness (QED) is 0.400. The molecule has 0 aliphatic carbocycles. The molecule has 4 heteroatoms. The van der Waals surface area contributed by atoms with E-state index in [4.69, 9.17) is 0 Å². The number of hydrogen-bond acceptors (Lipinski definition) is 3. The van der Waals surface area contributed by atoms with E-state index in [1.807, 2.05) is 61.3 Å². The van der Waals surface area contributed by atoms with E-state index < -0.39 is 6.23 Å². The molecule has 3 aromatic rings. The standard InChI is InChI=1S/C23H28N2O2/c1-16(2)13-18(11-12-26)17-9-10-21-19(14-17)15-22(24-21)23(27)25(3)20-7-5-4-6-8-20/h4-10,14-15,18,23-24,26-27H,1,11-13H2,2-3H3/t18-,23?/m0/s1. The fourth-order valence-corrected chi connectivity index (χ4v) is 3.54. The number of benzene rings is 2. The summed E-state index contributed by atoms with van der Waals surface area (Å²) in [4.78, 5) is 5.16. The van der Waals surface area contributed by atoms with E-state index >= 15 is 0 Å². The van der Waals surface area contributed by atoms with Crippen LogP contribution >= 0.6 is 0 Å². The lowest BCUT2D eigenvalue weighted by Gasteiger charge is -2.24. The molecule has 2 atom stereocenters. The Morgan fingerprint density at radius 2 is 1.89 bits per heavy atom. The van der Waals surface area contributed by atoms with Gasteiger partial charge in [-0.3, -0.25) is 0 Å². The third-order valence-electron chi connectivity index (χ3n) is 5.02. The van der Waals surface area contributed by atoms with Gasteiger partial charge < -0.3 is 20.1 Å². The molecule has 0 amide bonds. The summed E-state index contributed by atoms with van der Waals surface area (Å²) < 4.78 is 0. The van der Waals surface area contributed by atoms with Crippen LogP contribution in [-0.2, 0) is 0 Å². The first-order chi connectivity index (χ1) is 13.0. The average molecular weight is 364 g/mol. The molecule has 0 saturated carbocycles. The van der Waals surface area contributed by atoms with Gasteiger partial charge in [-0.25, -0.2) is 0 Å². The monoisotopic (exact) mass is 364 g/mol. The van der Waals surface area contributed by atoms with Crippen molar-refractivity contribution in [3.8, 4) is 0 Å². The van der Waals surface area contributed by atoms with Gasteiger partial charge in [0.1, 0.15) is 0 Å². The second kappa shape index (κ2) is 8.42. The number of anilines is 1. The highest BCUT2D eigenvalue weighted by atomic mass is 16.3. The van der Waals surface area contributed by atoms with Crippen LogP contribution in [0, 0.1) is 0 Å². The van der Waals surface area contributed by atoms with E-state index in [2.05, 4.69) is 23.7 Å². The second-order valence-electron chi connectivity index (χ2n) is 7.26. The van der Waals surface area contributed by atoms with Crippen molar-refractivity contribution in [2.45, 2.75) is 31.9 Å². The summed E-state index contributed by atoms with van der Waals surface area (Å²) in [5.74, 6) is 0.257. The molecule has 2 aromatic carbocycles. The Bertz CT molecular complexity index is 901. The molecular weight excluding hydrogens is 336 g/mol. The highest BCUT2D eigenvalue weighted by molar-refractivity contribution is 5.81. The van der Waals surface area contributed by atoms with Gasteiger partial charge >= 0.3 is 0 Å². The Hall–Kier alpha value is -2.56. The van der Waals surface area contributed by atoms with Crippen molar-refractivity contribution in [1.82, 2.24) is 4.98 Å². The summed E-state index contributed by atoms with van der Waals surface area (Å²) >= 11 is 0. The highest BCUT2D eigenvalue weighted by Crippen LogP contribution is 2.31. The fourth-order valence-electron chi connectivity index (χ4n) is 3.54. The van der Waals surface area contributed by atoms with Crippen molar-refractivity contribution in [2.24, 2.45) is 0 Å². The van der Waals surface area contributed by atoms with E-state index in [9.17, 15) is 10.2 Å². The van der Waals surface area contributed by atoms with E-state index in [0.29, 0.717) is 0 Å². The molecule has 142 valence electrons. The first-order valence-electron chi connectivity index (χ1n) is 9.33. The van der Waals surface area contributed by atoms with E-state index in [1.165, 1.54) is 5.56 Å². The second-order valence-corrected chi connectivity index (χ2v) is 7.26. The number of aliphatic hydroxyl groups is 2. The van der Waals surface area contributed by atoms with Gasteiger partial charge in [-0.2, -0.15) is 0 Å². The molecule has 0 radical (unpaired) electrons. The molecule has 1 heterocycles. The molecule has 27 heavy (non-hydrogen) atoms. The molecule has 0 fully saturated rings. The summed E-state index contributed by atoms with van der Waals surface area (Å²) in [5, 5.41) is 21.2. The first-order valence-corrected chi connectivity index (χ1v) is 9.33. The number of hydrogen-bond donors (Lipinski definition) is 3. The Morgan fingerprint density at radius 3 is 2.56 bits per heavy atom. The number of fused-ring (bicyclic) bond motifs is 1. The number of aromatic nitrogens is 1. The highest BCUT2D eigenvalue weighted by Gasteiger charge is 2.18. The maximum Gasteiger partial charge on any atom is 0.168 e. The van der Waals surface area contributed by atoms with Crippen molar-refractivity contribution >= 4 is 16.6 Å². The van der Waals surface area contributed by atoms with Gasteiger partial charge in [-0.1, -0.05) is 29.8 Å². The zero-order chi connectivity index (χ0) is 19.4. The molecule has 1 unspecified atom stereocenters. The fraction of sp³-hybridized carbons (Fsp3) is 0.304. The van der Waals surface area contributed by atoms with Crippen molar-refractivity contribution < 1.29 is 10.2 Å². The van der Waals surface area contributed by atoms with Crippen LogP contribution in [0.2, 0.25) is 0 Å². The van der Waals surface area contributed by atoms with Gasteiger partial charge in [0, 0.05) is 30.2 Å². The van der Waals surface area contributed by atoms with Gasteiger partial charge in [0.2, 0.25) is 0 Å². The van der Waals surface area contributed by atoms with Crippen LogP contribution in [0.3, 0.4) is 0 Å². The van der Waals surface area contributed by atoms with Gasteiger partial charge in [0.15, 0.2) is 6.23 Å². The molecule has 0 bridgehead atoms. The van der Waals surface area contributed by atoms with Crippen LogP contribution in [0.1, 0.15) is 43.2 Å². The van der Waals surface area contributed by atoms with Crippen LogP contribution in [0.5, 0.6) is 0 Å². The summed E-state index contributed by atoms with van der Waals surface area (Å²) in [7, 11) is 1.88. The molecule has 3 rings (SSSR count). The number of aliphatic hydroxyl groups excluding tert-OH is 2. The smallest absolute Gasteiger partial charge is 0.168 e. The first kappa shape index (κ1) is 19.2. The maximum atomic E-state index is 10.8. The number of rotatable bonds is 8. The van der Waals surface area contributed by atoms with Gasteiger partial charge in [0.05, 0.1) is 5.69 Å². The molecule has 0 saturated heterocycles. The minimum absolute atomic E-state index is 0.162. The molecule has 4 nitrogen and oxygen atoms in total. The van der Waals surface area contributed by atoms with E-state index in [-0.39, 0.29) is 12.5 Å². The van der Waals surface area contributed by atoms with Crippen LogP contribution < -0.4 is 4.90 Å². The molecule has 0 aliphatic heterocycles. The van der Waals surface area contributed by atoms with Gasteiger partial charge in [-0.05, 0) is 61.6 Å². The summed E-state index contributed by atoms with van der Waals surface area (Å²) in [6.45, 7) is 6.20. The normalized spacial score (nSPS) is 13.5. The third kappa shape index (κ3) is 4.41. The summed E-state index contributed by atoms with van der Waals surface area (Å²) in [6, 6.07) is 18.1. The Morgan fingerprint density at radius 1 is 1.15 bits per heavy atom. The van der Waals surface area contributed by atoms with Crippen LogP contribution in [0.4, 0.5) is 5.69 Å². The topological polar surface area (TPSA) is 59.5 Å². The minimum atomic E-state index is -0.757. The average Bonchev–Trinajstić information content (AvgIpc) is 3.10. The molecule has 0 spiro atoms. The number of allylic oxidation sites excluding steroid dienone is 1. The third-order valence-corrected chi connectivity index (χ3v) is 5.02. The van der Waals surface area contributed by atoms with Crippen LogP contribution in [0.15, 0.2) is 66.7 Å². The predicted molar refractivity (Wildman–Crippen MR) is 112 cm³/mol. The summed E-state index contributed by atoms with van der Waals surface area (Å²) in [6.07, 6.45) is 0.824. The van der Waals surface area contributed by atoms with Crippen molar-refractivity contribution in [1.29, 1.82) is 0 Å². The van der Waals surface area contributed by atoms with E-state index in [0.717, 1.165) is 40.7 Å². The lowest BCUT2D eigenvalue weighted by Crippen LogP contribution is -2.23. The minimum Gasteiger partial charge on any atom is -0.396 e. The number of nitrogens with zero attached hydrogens (tertiary/aromatic N) is 1. The lowest BCUT2D eigenvalue weighted by molar-refractivity contribution is 0.174. The SMILES string of the molecule is C=C(C)C[C@H](CCO)c1ccc2[nH]c(C(O)N(C)c3ccccc3)cc2c1. The van der Waals surface area contributed by atoms with E-state index in [1.54, 1.807) is 0 Å². The van der Waals surface area contributed by atoms with Crippen molar-refractivity contribution in [3.05, 3.63) is 78.0 Å². The Labute approximate surface area is 160 Å². The predicted octanol–water partition coefficient (Wildman–Crippen LogP) is 4.73. The zero-order valence-corrected chi connectivity index (χ0v) is 16.0. The summed E-state index contributed by atoms with van der Waals surface area (Å²) in [5.41, 5.74) is 5.01. The lowest BCUT2D eigenvalue weighted by atomic mass is 9.89. The zero-order valence-electron chi connectivity index (χ0n) is 16.0.